The number of hydrogen-bond acceptors (Lipinski definition) is 3. The van der Waals surface area contributed by atoms with E-state index in [0.717, 1.165) is 28.3 Å². The summed E-state index contributed by atoms with van der Waals surface area (Å²) >= 11 is 0. The van der Waals surface area contributed by atoms with Crippen LogP contribution in [0.4, 0.5) is 5.69 Å². The Hall–Kier alpha value is -3.40. The number of para-hydroxylation sites is 1. The van der Waals surface area contributed by atoms with Crippen molar-refractivity contribution in [3.63, 3.8) is 0 Å². The maximum atomic E-state index is 12.3. The maximum absolute atomic E-state index is 12.3. The molecule has 0 aliphatic carbocycles. The lowest BCUT2D eigenvalue weighted by Gasteiger charge is -2.12. The number of rotatable bonds is 7. The van der Waals surface area contributed by atoms with Crippen LogP contribution in [-0.4, -0.2) is 10.9 Å². The third kappa shape index (κ3) is 5.55. The summed E-state index contributed by atoms with van der Waals surface area (Å²) in [7, 11) is 0. The van der Waals surface area contributed by atoms with Gasteiger partial charge in [0.05, 0.1) is 5.69 Å². The molecule has 3 aromatic rings. The molecule has 1 heterocycles. The number of pyridine rings is 1. The van der Waals surface area contributed by atoms with E-state index in [1.54, 1.807) is 18.3 Å². The molecular weight excluding hydrogens is 348 g/mol. The Morgan fingerprint density at radius 2 is 1.79 bits per heavy atom. The summed E-state index contributed by atoms with van der Waals surface area (Å²) in [6, 6.07) is 21.2. The molecule has 0 unspecified atom stereocenters. The quantitative estimate of drug-likeness (QED) is 0.562. The molecule has 4 heteroatoms. The molecule has 28 heavy (non-hydrogen) atoms. The van der Waals surface area contributed by atoms with Crippen LogP contribution in [0.25, 0.3) is 6.08 Å². The van der Waals surface area contributed by atoms with Crippen LogP contribution in [0, 0.1) is 0 Å². The van der Waals surface area contributed by atoms with Crippen LogP contribution in [0.1, 0.15) is 36.6 Å². The summed E-state index contributed by atoms with van der Waals surface area (Å²) < 4.78 is 5.72. The minimum atomic E-state index is -0.149. The minimum absolute atomic E-state index is 0.149. The Kier molecular flexibility index (Phi) is 6.58. The van der Waals surface area contributed by atoms with Gasteiger partial charge < -0.3 is 10.1 Å². The predicted octanol–water partition coefficient (Wildman–Crippen LogP) is 5.44. The van der Waals surface area contributed by atoms with Crippen molar-refractivity contribution in [1.82, 2.24) is 4.98 Å². The fourth-order valence-corrected chi connectivity index (χ4v) is 2.78. The Balaban J connectivity index is 1.56. The third-order valence-electron chi connectivity index (χ3n) is 4.26. The van der Waals surface area contributed by atoms with E-state index < -0.39 is 0 Å². The van der Waals surface area contributed by atoms with Gasteiger partial charge in [0.2, 0.25) is 5.91 Å². The molecule has 0 radical (unpaired) electrons. The van der Waals surface area contributed by atoms with Crippen molar-refractivity contribution in [2.75, 3.05) is 5.32 Å². The van der Waals surface area contributed by atoms with Crippen molar-refractivity contribution in [3.05, 3.63) is 95.8 Å². The second kappa shape index (κ2) is 9.51. The van der Waals surface area contributed by atoms with Crippen molar-refractivity contribution in [2.24, 2.45) is 0 Å². The normalized spacial score (nSPS) is 11.0. The maximum Gasteiger partial charge on any atom is 0.248 e. The molecule has 0 saturated heterocycles. The highest BCUT2D eigenvalue weighted by molar-refractivity contribution is 6.02. The lowest BCUT2D eigenvalue weighted by molar-refractivity contribution is -0.111. The topological polar surface area (TPSA) is 51.2 Å². The lowest BCUT2D eigenvalue weighted by atomic mass is 10.0. The Bertz CT molecular complexity index is 932. The zero-order valence-corrected chi connectivity index (χ0v) is 16.1. The van der Waals surface area contributed by atoms with Crippen LogP contribution in [0.15, 0.2) is 79.0 Å². The van der Waals surface area contributed by atoms with Crippen LogP contribution in [0.2, 0.25) is 0 Å². The molecular formula is C24H24N2O2. The minimum Gasteiger partial charge on any atom is -0.487 e. The summed E-state index contributed by atoms with van der Waals surface area (Å²) in [5, 5.41) is 2.95. The van der Waals surface area contributed by atoms with Crippen LogP contribution in [0.3, 0.4) is 0 Å². The number of nitrogens with one attached hydrogen (secondary N) is 1. The number of anilines is 1. The van der Waals surface area contributed by atoms with Crippen molar-refractivity contribution in [1.29, 1.82) is 0 Å². The molecule has 0 aliphatic rings. The van der Waals surface area contributed by atoms with E-state index in [0.29, 0.717) is 12.5 Å². The molecule has 0 aliphatic heterocycles. The molecule has 0 spiro atoms. The van der Waals surface area contributed by atoms with E-state index >= 15 is 0 Å². The summed E-state index contributed by atoms with van der Waals surface area (Å²) in [6.45, 7) is 4.64. The molecule has 1 N–H and O–H groups in total. The SMILES string of the molecule is CC(C)c1ccccc1NC(=O)/C=C/c1ccc(OCc2ccccn2)cc1. The molecule has 3 rings (SSSR count). The fraction of sp³-hybridized carbons (Fsp3) is 0.167. The molecule has 1 aromatic heterocycles. The first-order valence-corrected chi connectivity index (χ1v) is 9.32. The average molecular weight is 372 g/mol. The average Bonchev–Trinajstić information content (AvgIpc) is 2.72. The fourth-order valence-electron chi connectivity index (χ4n) is 2.78. The number of amides is 1. The van der Waals surface area contributed by atoms with Crippen LogP contribution in [-0.2, 0) is 11.4 Å². The molecule has 1 amide bonds. The Morgan fingerprint density at radius 1 is 1.04 bits per heavy atom. The molecule has 0 fully saturated rings. The largest absolute Gasteiger partial charge is 0.487 e. The number of carbonyl (C=O) groups is 1. The van der Waals surface area contributed by atoms with Gasteiger partial charge in [0.25, 0.3) is 0 Å². The summed E-state index contributed by atoms with van der Waals surface area (Å²) in [5.74, 6) is 0.959. The highest BCUT2D eigenvalue weighted by Crippen LogP contribution is 2.23. The standard InChI is InChI=1S/C24H24N2O2/c1-18(2)22-8-3-4-9-23(22)26-24(27)15-12-19-10-13-21(14-11-19)28-17-20-7-5-6-16-25-20/h3-16,18H,17H2,1-2H3,(H,26,27)/b15-12+. The molecule has 0 bridgehead atoms. The van der Waals surface area contributed by atoms with Crippen LogP contribution < -0.4 is 10.1 Å². The second-order valence-electron chi connectivity index (χ2n) is 6.74. The summed E-state index contributed by atoms with van der Waals surface area (Å²) in [5.41, 5.74) is 3.78. The molecule has 0 atom stereocenters. The van der Waals surface area contributed by atoms with E-state index in [9.17, 15) is 4.79 Å². The molecule has 2 aromatic carbocycles. The van der Waals surface area contributed by atoms with E-state index in [-0.39, 0.29) is 5.91 Å². The van der Waals surface area contributed by atoms with Gasteiger partial charge >= 0.3 is 0 Å². The molecule has 0 saturated carbocycles. The molecule has 142 valence electrons. The second-order valence-corrected chi connectivity index (χ2v) is 6.74. The number of aromatic nitrogens is 1. The number of carbonyl (C=O) groups excluding carboxylic acids is 1. The monoisotopic (exact) mass is 372 g/mol. The first kappa shape index (κ1) is 19.4. The van der Waals surface area contributed by atoms with Gasteiger partial charge in [0, 0.05) is 18.0 Å². The van der Waals surface area contributed by atoms with E-state index in [2.05, 4.69) is 24.1 Å². The predicted molar refractivity (Wildman–Crippen MR) is 113 cm³/mol. The van der Waals surface area contributed by atoms with Crippen molar-refractivity contribution in [2.45, 2.75) is 26.4 Å². The summed E-state index contributed by atoms with van der Waals surface area (Å²) in [6.07, 6.45) is 5.08. The van der Waals surface area contributed by atoms with Crippen LogP contribution in [0.5, 0.6) is 5.75 Å². The van der Waals surface area contributed by atoms with Gasteiger partial charge in [-0.2, -0.15) is 0 Å². The highest BCUT2D eigenvalue weighted by atomic mass is 16.5. The number of ether oxygens (including phenoxy) is 1. The van der Waals surface area contributed by atoms with E-state index in [1.165, 1.54) is 0 Å². The van der Waals surface area contributed by atoms with Gasteiger partial charge in [-0.05, 0) is 53.5 Å². The highest BCUT2D eigenvalue weighted by Gasteiger charge is 2.07. The van der Waals surface area contributed by atoms with Crippen molar-refractivity contribution >= 4 is 17.7 Å². The van der Waals surface area contributed by atoms with Gasteiger partial charge in [-0.3, -0.25) is 9.78 Å². The van der Waals surface area contributed by atoms with Crippen molar-refractivity contribution in [3.8, 4) is 5.75 Å². The first-order valence-electron chi connectivity index (χ1n) is 9.32. The van der Waals surface area contributed by atoms with Gasteiger partial charge in [0.1, 0.15) is 12.4 Å². The number of nitrogens with zero attached hydrogens (tertiary/aromatic N) is 1. The van der Waals surface area contributed by atoms with Crippen LogP contribution >= 0.6 is 0 Å². The molecule has 4 nitrogen and oxygen atoms in total. The van der Waals surface area contributed by atoms with Gasteiger partial charge in [0.15, 0.2) is 0 Å². The van der Waals surface area contributed by atoms with Gasteiger partial charge in [-0.15, -0.1) is 0 Å². The summed E-state index contributed by atoms with van der Waals surface area (Å²) in [4.78, 5) is 16.5. The third-order valence-corrected chi connectivity index (χ3v) is 4.26. The zero-order valence-electron chi connectivity index (χ0n) is 16.1. The van der Waals surface area contributed by atoms with E-state index in [1.807, 2.05) is 66.7 Å². The Labute approximate surface area is 165 Å². The number of benzene rings is 2. The smallest absolute Gasteiger partial charge is 0.248 e. The Morgan fingerprint density at radius 3 is 2.50 bits per heavy atom. The lowest BCUT2D eigenvalue weighted by Crippen LogP contribution is -2.10. The van der Waals surface area contributed by atoms with Gasteiger partial charge in [-0.1, -0.05) is 50.2 Å². The van der Waals surface area contributed by atoms with E-state index in [4.69, 9.17) is 4.74 Å². The first-order chi connectivity index (χ1) is 13.6. The van der Waals surface area contributed by atoms with Crippen molar-refractivity contribution < 1.29 is 9.53 Å². The van der Waals surface area contributed by atoms with Gasteiger partial charge in [-0.25, -0.2) is 0 Å². The number of hydrogen-bond donors (Lipinski definition) is 1. The zero-order chi connectivity index (χ0) is 19.8.